The van der Waals surface area contributed by atoms with E-state index in [-0.39, 0.29) is 62.0 Å². The Balaban J connectivity index is 2.98. The van der Waals surface area contributed by atoms with E-state index in [0.29, 0.717) is 0 Å². The molecule has 1 heterocycles. The first-order valence-corrected chi connectivity index (χ1v) is 8.99. The Morgan fingerprint density at radius 3 is 2.15 bits per heavy atom. The number of rotatable bonds is 2. The van der Waals surface area contributed by atoms with Gasteiger partial charge in [-0.05, 0) is 13.8 Å². The summed E-state index contributed by atoms with van der Waals surface area (Å²) in [5.41, 5.74) is 1.88. The first kappa shape index (κ1) is 22.4. The second-order valence-corrected chi connectivity index (χ2v) is 6.90. The summed E-state index contributed by atoms with van der Waals surface area (Å²) in [4.78, 5) is 24.1. The molecular weight excluding hydrogens is 336 g/mol. The van der Waals surface area contributed by atoms with Crippen molar-refractivity contribution < 1.29 is 28.5 Å². The Bertz CT molecular complexity index is 536. The molecule has 1 aliphatic rings. The molecule has 0 aliphatic carbocycles. The number of ether oxygens (including phenoxy) is 4. The molecule has 1 rings (SSSR count). The molecule has 0 saturated heterocycles. The summed E-state index contributed by atoms with van der Waals surface area (Å²) in [7, 11) is 3.17. The number of carbonyl (C=O) groups is 2. The maximum atomic E-state index is 12.1. The van der Waals surface area contributed by atoms with Crippen molar-refractivity contribution in [1.82, 2.24) is 0 Å². The van der Waals surface area contributed by atoms with E-state index in [2.05, 4.69) is 0 Å². The third-order valence-electron chi connectivity index (χ3n) is 4.85. The summed E-state index contributed by atoms with van der Waals surface area (Å²) in [6.45, 7) is 8.11. The molecule has 0 radical (unpaired) electrons. The van der Waals surface area contributed by atoms with Crippen LogP contribution in [-0.4, -0.2) is 51.6 Å². The third-order valence-corrected chi connectivity index (χ3v) is 4.85. The molecule has 0 aromatic carbocycles. The maximum Gasteiger partial charge on any atom is 0.309 e. The predicted molar refractivity (Wildman–Crippen MR) is 98.6 cm³/mol. The van der Waals surface area contributed by atoms with Crippen LogP contribution in [0.2, 0.25) is 0 Å². The van der Waals surface area contributed by atoms with Crippen molar-refractivity contribution in [3.63, 3.8) is 0 Å². The molecule has 6 heteroatoms. The Morgan fingerprint density at radius 2 is 1.54 bits per heavy atom. The van der Waals surface area contributed by atoms with Crippen molar-refractivity contribution in [1.29, 1.82) is 0 Å². The van der Waals surface area contributed by atoms with Crippen LogP contribution in [0.4, 0.5) is 0 Å². The number of esters is 2. The third kappa shape index (κ3) is 7.30. The van der Waals surface area contributed by atoms with Gasteiger partial charge in [0.05, 0.1) is 25.0 Å². The maximum absolute atomic E-state index is 12.1. The van der Waals surface area contributed by atoms with E-state index in [9.17, 15) is 9.59 Å². The van der Waals surface area contributed by atoms with Gasteiger partial charge in [0.2, 0.25) is 0 Å². The monoisotopic (exact) mass is 368 g/mol. The van der Waals surface area contributed by atoms with Crippen molar-refractivity contribution in [2.24, 2.45) is 11.8 Å². The predicted octanol–water partition coefficient (Wildman–Crippen LogP) is 3.06. The van der Waals surface area contributed by atoms with Gasteiger partial charge in [-0.2, -0.15) is 0 Å². The molecular formula is C20H32O6. The molecule has 1 aliphatic heterocycles. The van der Waals surface area contributed by atoms with Gasteiger partial charge < -0.3 is 18.9 Å². The van der Waals surface area contributed by atoms with E-state index in [1.54, 1.807) is 14.2 Å². The lowest BCUT2D eigenvalue weighted by Crippen LogP contribution is -2.29. The van der Waals surface area contributed by atoms with E-state index in [0.717, 1.165) is 11.1 Å². The summed E-state index contributed by atoms with van der Waals surface area (Å²) >= 11 is 0. The van der Waals surface area contributed by atoms with Gasteiger partial charge in [0.15, 0.2) is 0 Å². The molecule has 0 aromatic heterocycles. The van der Waals surface area contributed by atoms with Gasteiger partial charge in [0.1, 0.15) is 13.2 Å². The van der Waals surface area contributed by atoms with Crippen molar-refractivity contribution >= 4 is 11.9 Å². The number of hydrogen-bond acceptors (Lipinski definition) is 6. The van der Waals surface area contributed by atoms with Crippen LogP contribution in [0.15, 0.2) is 23.3 Å². The zero-order valence-corrected chi connectivity index (χ0v) is 16.7. The van der Waals surface area contributed by atoms with E-state index >= 15 is 0 Å². The minimum Gasteiger partial charge on any atom is -0.463 e. The summed E-state index contributed by atoms with van der Waals surface area (Å²) < 4.78 is 21.6. The average molecular weight is 368 g/mol. The number of cyclic esters (lactones) is 2. The fourth-order valence-electron chi connectivity index (χ4n) is 2.88. The standard InChI is InChI=1S/C20H32O6/c1-13-9-15(3)17(23-5)11-25-19(21)8-7-14(2)16(4)18(24-6)12-26-20(22)10-13/h7,9,15-18H,8,10-12H2,1-6H3/b13-9+,14-7+/t15-,16-,17+,18+/m0/s1. The lowest BCUT2D eigenvalue weighted by Gasteiger charge is -2.24. The van der Waals surface area contributed by atoms with Gasteiger partial charge >= 0.3 is 11.9 Å². The van der Waals surface area contributed by atoms with Gasteiger partial charge in [-0.1, -0.05) is 37.1 Å². The first-order chi connectivity index (χ1) is 12.3. The number of methoxy groups -OCH3 is 2. The van der Waals surface area contributed by atoms with Crippen LogP contribution in [-0.2, 0) is 28.5 Å². The highest BCUT2D eigenvalue weighted by Crippen LogP contribution is 2.20. The van der Waals surface area contributed by atoms with Crippen molar-refractivity contribution in [3.8, 4) is 0 Å². The largest absolute Gasteiger partial charge is 0.463 e. The molecule has 0 amide bonds. The molecule has 0 aromatic rings. The summed E-state index contributed by atoms with van der Waals surface area (Å²) in [5.74, 6) is -0.567. The van der Waals surface area contributed by atoms with E-state index in [1.165, 1.54) is 0 Å². The normalized spacial score (nSPS) is 34.1. The van der Waals surface area contributed by atoms with Crippen LogP contribution in [0.25, 0.3) is 0 Å². The molecule has 148 valence electrons. The van der Waals surface area contributed by atoms with Gasteiger partial charge in [-0.15, -0.1) is 0 Å². The lowest BCUT2D eigenvalue weighted by molar-refractivity contribution is -0.147. The zero-order valence-electron chi connectivity index (χ0n) is 16.7. The Labute approximate surface area is 156 Å². The topological polar surface area (TPSA) is 71.1 Å². The second-order valence-electron chi connectivity index (χ2n) is 6.90. The minimum absolute atomic E-state index is 0.00229. The van der Waals surface area contributed by atoms with Gasteiger partial charge in [-0.3, -0.25) is 9.59 Å². The summed E-state index contributed by atoms with van der Waals surface area (Å²) in [5, 5.41) is 0. The smallest absolute Gasteiger partial charge is 0.309 e. The lowest BCUT2D eigenvalue weighted by atomic mass is 9.95. The van der Waals surface area contributed by atoms with Gasteiger partial charge in [0, 0.05) is 26.1 Å². The Kier molecular flexibility index (Phi) is 9.59. The molecule has 0 bridgehead atoms. The molecule has 0 spiro atoms. The van der Waals surface area contributed by atoms with Crippen LogP contribution in [0.5, 0.6) is 0 Å². The number of hydrogen-bond donors (Lipinski definition) is 0. The molecule has 26 heavy (non-hydrogen) atoms. The molecule has 6 nitrogen and oxygen atoms in total. The second kappa shape index (κ2) is 11.1. The van der Waals surface area contributed by atoms with Gasteiger partial charge in [-0.25, -0.2) is 0 Å². The fraction of sp³-hybridized carbons (Fsp3) is 0.700. The van der Waals surface area contributed by atoms with Crippen LogP contribution < -0.4 is 0 Å². The summed E-state index contributed by atoms with van der Waals surface area (Å²) in [6.07, 6.45) is 3.66. The van der Waals surface area contributed by atoms with E-state index in [1.807, 2.05) is 39.8 Å². The molecule has 4 atom stereocenters. The highest BCUT2D eigenvalue weighted by Gasteiger charge is 2.22. The van der Waals surface area contributed by atoms with Crippen molar-refractivity contribution in [2.45, 2.75) is 52.7 Å². The quantitative estimate of drug-likeness (QED) is 0.551. The highest BCUT2D eigenvalue weighted by molar-refractivity contribution is 5.72. The molecule has 0 N–H and O–H groups in total. The summed E-state index contributed by atoms with van der Waals surface area (Å²) in [6, 6.07) is 0. The van der Waals surface area contributed by atoms with Crippen LogP contribution in [0, 0.1) is 11.8 Å². The molecule has 0 unspecified atom stereocenters. The molecule has 0 saturated carbocycles. The Morgan fingerprint density at radius 1 is 0.962 bits per heavy atom. The minimum atomic E-state index is -0.293. The van der Waals surface area contributed by atoms with E-state index in [4.69, 9.17) is 18.9 Å². The van der Waals surface area contributed by atoms with Crippen LogP contribution >= 0.6 is 0 Å². The average Bonchev–Trinajstić information content (AvgIpc) is 2.59. The van der Waals surface area contributed by atoms with E-state index < -0.39 is 0 Å². The Hall–Kier alpha value is -1.66. The SMILES string of the molecule is CO[C@@H]1COC(=O)C/C=C(\C)[C@H](C)[C@H](OC)COC(=O)C/C(C)=C/[C@@H]1C. The zero-order chi connectivity index (χ0) is 19.7. The van der Waals surface area contributed by atoms with Crippen molar-refractivity contribution in [2.75, 3.05) is 27.4 Å². The van der Waals surface area contributed by atoms with Crippen molar-refractivity contribution in [3.05, 3.63) is 23.3 Å². The highest BCUT2D eigenvalue weighted by atomic mass is 16.6. The number of carbonyl (C=O) groups excluding carboxylic acids is 2. The molecule has 0 fully saturated rings. The fourth-order valence-corrected chi connectivity index (χ4v) is 2.88. The van der Waals surface area contributed by atoms with Gasteiger partial charge in [0.25, 0.3) is 0 Å². The first-order valence-electron chi connectivity index (χ1n) is 8.99. The van der Waals surface area contributed by atoms with Crippen LogP contribution in [0.1, 0.15) is 40.5 Å². The van der Waals surface area contributed by atoms with Crippen LogP contribution in [0.3, 0.4) is 0 Å².